The molecule has 164 valence electrons. The number of carbonyl (C=O) groups is 1. The Bertz CT molecular complexity index is 1370. The number of pyridine rings is 2. The summed E-state index contributed by atoms with van der Waals surface area (Å²) < 4.78 is 1.67. The molecule has 8 nitrogen and oxygen atoms in total. The number of anilines is 2. The molecule has 4 heterocycles. The van der Waals surface area contributed by atoms with Crippen LogP contribution in [-0.4, -0.2) is 30.6 Å². The first-order valence-corrected chi connectivity index (χ1v) is 10.8. The summed E-state index contributed by atoms with van der Waals surface area (Å²) in [5, 5.41) is 11.6. The maximum Gasteiger partial charge on any atom is 0.255 e. The summed E-state index contributed by atoms with van der Waals surface area (Å²) in [6.07, 6.45) is 6.59. The molecule has 0 spiro atoms. The van der Waals surface area contributed by atoms with E-state index in [0.717, 1.165) is 11.1 Å². The van der Waals surface area contributed by atoms with Gasteiger partial charge in [0.1, 0.15) is 6.04 Å². The molecule has 1 atom stereocenters. The Hall–Kier alpha value is -3.75. The molecule has 4 aromatic rings. The fourth-order valence-electron chi connectivity index (χ4n) is 3.69. The number of amides is 1. The highest BCUT2D eigenvalue weighted by Crippen LogP contribution is 2.38. The SMILES string of the molecule is CC1=C(C(=O)Nc2cccnc2)C(c2ccc(Cl)c(Cl)c2)n2nc(-c3cccnc3)nc2N1. The van der Waals surface area contributed by atoms with Crippen LogP contribution in [0.1, 0.15) is 18.5 Å². The summed E-state index contributed by atoms with van der Waals surface area (Å²) in [4.78, 5) is 26.3. The normalized spacial score (nSPS) is 15.1. The summed E-state index contributed by atoms with van der Waals surface area (Å²) >= 11 is 12.5. The summed E-state index contributed by atoms with van der Waals surface area (Å²) in [7, 11) is 0. The van der Waals surface area contributed by atoms with Crippen LogP contribution in [-0.2, 0) is 4.79 Å². The highest BCUT2D eigenvalue weighted by atomic mass is 35.5. The summed E-state index contributed by atoms with van der Waals surface area (Å²) in [6.45, 7) is 1.82. The number of fused-ring (bicyclic) bond motifs is 1. The highest BCUT2D eigenvalue weighted by Gasteiger charge is 2.34. The number of hydrogen-bond donors (Lipinski definition) is 2. The van der Waals surface area contributed by atoms with Crippen LogP contribution >= 0.6 is 23.2 Å². The molecule has 0 saturated carbocycles. The van der Waals surface area contributed by atoms with Gasteiger partial charge in [-0.1, -0.05) is 29.3 Å². The van der Waals surface area contributed by atoms with E-state index in [2.05, 4.69) is 25.6 Å². The maximum atomic E-state index is 13.4. The van der Waals surface area contributed by atoms with Crippen LogP contribution < -0.4 is 10.6 Å². The molecular formula is C23H17Cl2N7O. The van der Waals surface area contributed by atoms with Crippen molar-refractivity contribution in [3.8, 4) is 11.4 Å². The van der Waals surface area contributed by atoms with Crippen molar-refractivity contribution in [3.63, 3.8) is 0 Å². The van der Waals surface area contributed by atoms with E-state index < -0.39 is 6.04 Å². The van der Waals surface area contributed by atoms with Crippen LogP contribution in [0, 0.1) is 0 Å². The third-order valence-corrected chi connectivity index (χ3v) is 5.93. The van der Waals surface area contributed by atoms with E-state index in [1.165, 1.54) is 0 Å². The summed E-state index contributed by atoms with van der Waals surface area (Å²) in [5.74, 6) is 0.686. The molecule has 1 unspecified atom stereocenters. The molecule has 0 fully saturated rings. The number of nitrogens with one attached hydrogen (secondary N) is 2. The van der Waals surface area contributed by atoms with Gasteiger partial charge in [-0.3, -0.25) is 14.8 Å². The van der Waals surface area contributed by atoms with Crippen molar-refractivity contribution in [2.75, 3.05) is 10.6 Å². The third-order valence-electron chi connectivity index (χ3n) is 5.20. The molecule has 10 heteroatoms. The number of carbonyl (C=O) groups excluding carboxylic acids is 1. The van der Waals surface area contributed by atoms with Gasteiger partial charge in [-0.05, 0) is 48.9 Å². The fourth-order valence-corrected chi connectivity index (χ4v) is 3.99. The molecule has 1 aliphatic heterocycles. The fraction of sp³-hybridized carbons (Fsp3) is 0.0870. The van der Waals surface area contributed by atoms with Crippen molar-refractivity contribution in [1.29, 1.82) is 0 Å². The van der Waals surface area contributed by atoms with E-state index in [0.29, 0.717) is 38.8 Å². The molecule has 1 amide bonds. The molecule has 1 aliphatic rings. The molecule has 0 radical (unpaired) electrons. The Labute approximate surface area is 199 Å². The first-order valence-electron chi connectivity index (χ1n) is 10.0. The lowest BCUT2D eigenvalue weighted by atomic mass is 9.95. The van der Waals surface area contributed by atoms with Crippen molar-refractivity contribution in [2.45, 2.75) is 13.0 Å². The Kier molecular flexibility index (Phi) is 5.53. The quantitative estimate of drug-likeness (QED) is 0.430. The van der Waals surface area contributed by atoms with Crippen LogP contribution in [0.2, 0.25) is 10.0 Å². The van der Waals surface area contributed by atoms with E-state index >= 15 is 0 Å². The van der Waals surface area contributed by atoms with Gasteiger partial charge in [-0.25, -0.2) is 4.68 Å². The minimum absolute atomic E-state index is 0.298. The van der Waals surface area contributed by atoms with E-state index in [1.54, 1.807) is 53.7 Å². The van der Waals surface area contributed by atoms with E-state index in [1.807, 2.05) is 25.1 Å². The lowest BCUT2D eigenvalue weighted by Gasteiger charge is -2.28. The lowest BCUT2D eigenvalue weighted by Crippen LogP contribution is -2.31. The van der Waals surface area contributed by atoms with Crippen molar-refractivity contribution < 1.29 is 4.79 Å². The zero-order valence-corrected chi connectivity index (χ0v) is 18.8. The minimum Gasteiger partial charge on any atom is -0.328 e. The van der Waals surface area contributed by atoms with Gasteiger partial charge >= 0.3 is 0 Å². The number of benzene rings is 1. The van der Waals surface area contributed by atoms with Gasteiger partial charge in [0.2, 0.25) is 5.95 Å². The van der Waals surface area contributed by atoms with Gasteiger partial charge in [0.05, 0.1) is 27.5 Å². The van der Waals surface area contributed by atoms with Gasteiger partial charge in [0, 0.05) is 29.9 Å². The zero-order valence-electron chi connectivity index (χ0n) is 17.3. The molecule has 33 heavy (non-hydrogen) atoms. The second-order valence-electron chi connectivity index (χ2n) is 7.38. The first kappa shape index (κ1) is 21.1. The molecule has 0 aliphatic carbocycles. The Morgan fingerprint density at radius 3 is 2.55 bits per heavy atom. The topological polar surface area (TPSA) is 97.6 Å². The van der Waals surface area contributed by atoms with Crippen LogP contribution in [0.5, 0.6) is 0 Å². The predicted molar refractivity (Wildman–Crippen MR) is 127 cm³/mol. The Morgan fingerprint density at radius 2 is 1.85 bits per heavy atom. The Morgan fingerprint density at radius 1 is 1.06 bits per heavy atom. The smallest absolute Gasteiger partial charge is 0.255 e. The van der Waals surface area contributed by atoms with E-state index in [4.69, 9.17) is 28.3 Å². The molecule has 0 bridgehead atoms. The third kappa shape index (κ3) is 4.06. The zero-order chi connectivity index (χ0) is 22.9. The average Bonchev–Trinajstić information content (AvgIpc) is 3.25. The number of aromatic nitrogens is 5. The number of rotatable bonds is 4. The van der Waals surface area contributed by atoms with Crippen molar-refractivity contribution >= 4 is 40.7 Å². The average molecular weight is 478 g/mol. The largest absolute Gasteiger partial charge is 0.328 e. The number of nitrogens with zero attached hydrogens (tertiary/aromatic N) is 5. The van der Waals surface area contributed by atoms with Crippen molar-refractivity contribution in [3.05, 3.63) is 94.1 Å². The van der Waals surface area contributed by atoms with Crippen LogP contribution in [0.25, 0.3) is 11.4 Å². The number of halogens is 2. The summed E-state index contributed by atoms with van der Waals surface area (Å²) in [5.41, 5.74) is 3.19. The maximum absolute atomic E-state index is 13.4. The van der Waals surface area contributed by atoms with Gasteiger partial charge in [0.15, 0.2) is 5.82 Å². The predicted octanol–water partition coefficient (Wildman–Crippen LogP) is 4.97. The van der Waals surface area contributed by atoms with Gasteiger partial charge in [-0.15, -0.1) is 5.10 Å². The van der Waals surface area contributed by atoms with Gasteiger partial charge in [-0.2, -0.15) is 4.98 Å². The highest BCUT2D eigenvalue weighted by molar-refractivity contribution is 6.42. The van der Waals surface area contributed by atoms with Crippen LogP contribution in [0.4, 0.5) is 11.6 Å². The van der Waals surface area contributed by atoms with Gasteiger partial charge in [0.25, 0.3) is 5.91 Å². The Balaban J connectivity index is 1.63. The molecule has 3 aromatic heterocycles. The van der Waals surface area contributed by atoms with E-state index in [9.17, 15) is 4.79 Å². The second-order valence-corrected chi connectivity index (χ2v) is 8.20. The van der Waals surface area contributed by atoms with Crippen molar-refractivity contribution in [2.24, 2.45) is 0 Å². The minimum atomic E-state index is -0.592. The standard InChI is InChI=1S/C23H17Cl2N7O/c1-13-19(22(33)29-16-5-3-9-27-12-16)20(14-6-7-17(24)18(25)10-14)32-23(28-13)30-21(31-32)15-4-2-8-26-11-15/h2-12,20H,1H3,(H,29,33)(H,28,30,31). The van der Waals surface area contributed by atoms with Crippen molar-refractivity contribution in [1.82, 2.24) is 24.7 Å². The second kappa shape index (κ2) is 8.65. The molecule has 5 rings (SSSR count). The molecule has 2 N–H and O–H groups in total. The first-order chi connectivity index (χ1) is 16.0. The summed E-state index contributed by atoms with van der Waals surface area (Å²) in [6, 6.07) is 11.9. The van der Waals surface area contributed by atoms with Gasteiger partial charge < -0.3 is 10.6 Å². The molecular weight excluding hydrogens is 461 g/mol. The number of allylic oxidation sites excluding steroid dienone is 1. The monoisotopic (exact) mass is 477 g/mol. The number of hydrogen-bond acceptors (Lipinski definition) is 6. The molecule has 1 aromatic carbocycles. The molecule has 0 saturated heterocycles. The van der Waals surface area contributed by atoms with Crippen LogP contribution in [0.3, 0.4) is 0 Å². The van der Waals surface area contributed by atoms with E-state index in [-0.39, 0.29) is 5.91 Å². The lowest BCUT2D eigenvalue weighted by molar-refractivity contribution is -0.113. The van der Waals surface area contributed by atoms with Crippen LogP contribution in [0.15, 0.2) is 78.5 Å².